The lowest BCUT2D eigenvalue weighted by atomic mass is 10.3. The van der Waals surface area contributed by atoms with Gasteiger partial charge in [-0.2, -0.15) is 0 Å². The van der Waals surface area contributed by atoms with Gasteiger partial charge in [-0.3, -0.25) is 4.31 Å². The zero-order chi connectivity index (χ0) is 12.3. The quantitative estimate of drug-likeness (QED) is 0.865. The van der Waals surface area contributed by atoms with Crippen molar-refractivity contribution in [1.29, 1.82) is 0 Å². The van der Waals surface area contributed by atoms with Gasteiger partial charge >= 0.3 is 0 Å². The van der Waals surface area contributed by atoms with Gasteiger partial charge in [0, 0.05) is 4.48 Å². The highest BCUT2D eigenvalue weighted by atomic mass is 79.9. The molecule has 0 aliphatic rings. The van der Waals surface area contributed by atoms with Gasteiger partial charge in [-0.1, -0.05) is 34.6 Å². The van der Waals surface area contributed by atoms with E-state index in [4.69, 9.17) is 5.73 Å². The monoisotopic (exact) mass is 304 g/mol. The van der Waals surface area contributed by atoms with Crippen LogP contribution in [0.4, 0.5) is 11.4 Å². The molecule has 0 spiro atoms. The minimum atomic E-state index is -3.37. The van der Waals surface area contributed by atoms with Crippen LogP contribution in [-0.2, 0) is 10.0 Å². The van der Waals surface area contributed by atoms with Gasteiger partial charge in [-0.15, -0.1) is 0 Å². The van der Waals surface area contributed by atoms with E-state index in [-0.39, 0.29) is 6.54 Å². The summed E-state index contributed by atoms with van der Waals surface area (Å²) in [6.07, 6.45) is 1.13. The number of halogens is 1. The molecule has 0 amide bonds. The predicted molar refractivity (Wildman–Crippen MR) is 71.1 cm³/mol. The van der Waals surface area contributed by atoms with Gasteiger partial charge in [-0.05, 0) is 12.1 Å². The number of rotatable bonds is 4. The van der Waals surface area contributed by atoms with E-state index >= 15 is 0 Å². The van der Waals surface area contributed by atoms with E-state index < -0.39 is 10.0 Å². The van der Waals surface area contributed by atoms with Crippen LogP contribution in [0.1, 0.15) is 0 Å². The van der Waals surface area contributed by atoms with Gasteiger partial charge in [-0.25, -0.2) is 8.42 Å². The molecular weight excluding hydrogens is 292 g/mol. The van der Waals surface area contributed by atoms with E-state index in [0.29, 0.717) is 15.9 Å². The Morgan fingerprint density at radius 1 is 1.50 bits per heavy atom. The summed E-state index contributed by atoms with van der Waals surface area (Å²) in [4.78, 5) is 0. The molecule has 0 unspecified atom stereocenters. The standard InChI is InChI=1S/C10H13BrN2O2S/c1-8(11)7-13(16(2,14)15)10-6-4-3-5-9(10)12/h3-6H,1,7,12H2,2H3. The smallest absolute Gasteiger partial charge is 0.232 e. The van der Waals surface area contributed by atoms with Gasteiger partial charge in [0.15, 0.2) is 0 Å². The number of benzene rings is 1. The van der Waals surface area contributed by atoms with Crippen molar-refractivity contribution in [1.82, 2.24) is 0 Å². The van der Waals surface area contributed by atoms with Gasteiger partial charge in [0.2, 0.25) is 10.0 Å². The summed E-state index contributed by atoms with van der Waals surface area (Å²) in [5.74, 6) is 0. The van der Waals surface area contributed by atoms with E-state index in [9.17, 15) is 8.42 Å². The van der Waals surface area contributed by atoms with Crippen molar-refractivity contribution in [3.63, 3.8) is 0 Å². The van der Waals surface area contributed by atoms with Crippen molar-refractivity contribution in [3.05, 3.63) is 35.3 Å². The van der Waals surface area contributed by atoms with Crippen molar-refractivity contribution < 1.29 is 8.42 Å². The van der Waals surface area contributed by atoms with E-state index in [1.54, 1.807) is 24.3 Å². The number of anilines is 2. The molecule has 0 atom stereocenters. The Kier molecular flexibility index (Phi) is 3.98. The van der Waals surface area contributed by atoms with Crippen LogP contribution in [0, 0.1) is 0 Å². The summed E-state index contributed by atoms with van der Waals surface area (Å²) in [5, 5.41) is 0. The maximum absolute atomic E-state index is 11.6. The van der Waals surface area contributed by atoms with E-state index in [2.05, 4.69) is 22.5 Å². The van der Waals surface area contributed by atoms with Crippen LogP contribution in [0.2, 0.25) is 0 Å². The molecule has 0 radical (unpaired) electrons. The second-order valence-electron chi connectivity index (χ2n) is 3.35. The SMILES string of the molecule is C=C(Br)CN(c1ccccc1N)S(C)(=O)=O. The van der Waals surface area contributed by atoms with Crippen molar-refractivity contribution in [3.8, 4) is 0 Å². The first-order valence-electron chi connectivity index (χ1n) is 4.48. The average molecular weight is 305 g/mol. The third kappa shape index (κ3) is 3.24. The molecule has 6 heteroatoms. The van der Waals surface area contributed by atoms with Crippen molar-refractivity contribution in [2.45, 2.75) is 0 Å². The number of hydrogen-bond acceptors (Lipinski definition) is 3. The summed E-state index contributed by atoms with van der Waals surface area (Å²) in [7, 11) is -3.37. The van der Waals surface area contributed by atoms with E-state index in [0.717, 1.165) is 6.26 Å². The lowest BCUT2D eigenvalue weighted by molar-refractivity contribution is 0.598. The minimum Gasteiger partial charge on any atom is -0.397 e. The zero-order valence-electron chi connectivity index (χ0n) is 8.85. The molecular formula is C10H13BrN2O2S. The van der Waals surface area contributed by atoms with Crippen molar-refractivity contribution in [2.24, 2.45) is 0 Å². The predicted octanol–water partition coefficient (Wildman–Crippen LogP) is 1.94. The lowest BCUT2D eigenvalue weighted by Gasteiger charge is -2.23. The largest absolute Gasteiger partial charge is 0.397 e. The Morgan fingerprint density at radius 2 is 2.06 bits per heavy atom. The van der Waals surface area contributed by atoms with Crippen LogP contribution < -0.4 is 10.0 Å². The molecule has 88 valence electrons. The first-order chi connectivity index (χ1) is 7.32. The molecule has 0 fully saturated rings. The second-order valence-corrected chi connectivity index (χ2v) is 6.37. The molecule has 16 heavy (non-hydrogen) atoms. The fourth-order valence-electron chi connectivity index (χ4n) is 1.25. The van der Waals surface area contributed by atoms with E-state index in [1.165, 1.54) is 4.31 Å². The van der Waals surface area contributed by atoms with Gasteiger partial charge in [0.05, 0.1) is 24.2 Å². The molecule has 0 aliphatic carbocycles. The Labute approximate surface area is 104 Å². The summed E-state index contributed by atoms with van der Waals surface area (Å²) in [5.41, 5.74) is 6.62. The molecule has 0 aromatic heterocycles. The number of hydrogen-bond donors (Lipinski definition) is 1. The molecule has 4 nitrogen and oxygen atoms in total. The molecule has 0 saturated carbocycles. The van der Waals surface area contributed by atoms with Gasteiger partial charge < -0.3 is 5.73 Å². The van der Waals surface area contributed by atoms with Crippen molar-refractivity contribution in [2.75, 3.05) is 22.8 Å². The topological polar surface area (TPSA) is 63.4 Å². The van der Waals surface area contributed by atoms with Crippen LogP contribution in [-0.4, -0.2) is 21.2 Å². The Balaban J connectivity index is 3.22. The number of nitrogens with two attached hydrogens (primary N) is 1. The Hall–Kier alpha value is -1.01. The summed E-state index contributed by atoms with van der Waals surface area (Å²) in [6.45, 7) is 3.79. The molecule has 0 saturated heterocycles. The average Bonchev–Trinajstić information content (AvgIpc) is 2.13. The van der Waals surface area contributed by atoms with Crippen LogP contribution in [0.3, 0.4) is 0 Å². The van der Waals surface area contributed by atoms with Gasteiger partial charge in [0.25, 0.3) is 0 Å². The highest BCUT2D eigenvalue weighted by molar-refractivity contribution is 9.11. The number of para-hydroxylation sites is 2. The summed E-state index contributed by atoms with van der Waals surface area (Å²) >= 11 is 3.15. The minimum absolute atomic E-state index is 0.160. The molecule has 1 rings (SSSR count). The normalized spacial score (nSPS) is 11.1. The summed E-state index contributed by atoms with van der Waals surface area (Å²) < 4.78 is 25.0. The maximum atomic E-state index is 11.6. The third-order valence-electron chi connectivity index (χ3n) is 1.92. The number of nitrogens with zero attached hydrogens (tertiary/aromatic N) is 1. The highest BCUT2D eigenvalue weighted by Crippen LogP contribution is 2.26. The lowest BCUT2D eigenvalue weighted by Crippen LogP contribution is -2.31. The first-order valence-corrected chi connectivity index (χ1v) is 7.12. The fourth-order valence-corrected chi connectivity index (χ4v) is 2.58. The molecule has 2 N–H and O–H groups in total. The van der Waals surface area contributed by atoms with Crippen LogP contribution in [0.5, 0.6) is 0 Å². The van der Waals surface area contributed by atoms with Crippen LogP contribution in [0.15, 0.2) is 35.3 Å². The second kappa shape index (κ2) is 4.88. The number of sulfonamides is 1. The first kappa shape index (κ1) is 13.1. The number of nitrogen functional groups attached to an aromatic ring is 1. The summed E-state index contributed by atoms with van der Waals surface area (Å²) in [6, 6.07) is 6.81. The zero-order valence-corrected chi connectivity index (χ0v) is 11.3. The third-order valence-corrected chi connectivity index (χ3v) is 3.30. The molecule has 1 aromatic carbocycles. The van der Waals surface area contributed by atoms with Crippen molar-refractivity contribution >= 4 is 37.3 Å². The fraction of sp³-hybridized carbons (Fsp3) is 0.200. The van der Waals surface area contributed by atoms with Crippen LogP contribution in [0.25, 0.3) is 0 Å². The highest BCUT2D eigenvalue weighted by Gasteiger charge is 2.19. The maximum Gasteiger partial charge on any atom is 0.232 e. The Morgan fingerprint density at radius 3 is 2.50 bits per heavy atom. The van der Waals surface area contributed by atoms with Crippen LogP contribution >= 0.6 is 15.9 Å². The molecule has 0 bridgehead atoms. The molecule has 0 aliphatic heterocycles. The van der Waals surface area contributed by atoms with E-state index in [1.807, 2.05) is 0 Å². The molecule has 1 aromatic rings. The van der Waals surface area contributed by atoms with Gasteiger partial charge in [0.1, 0.15) is 0 Å². The molecule has 0 heterocycles. The Bertz CT molecular complexity index is 499.